The molecule has 2 aliphatic rings. The lowest BCUT2D eigenvalue weighted by molar-refractivity contribution is -0.139. The first-order chi connectivity index (χ1) is 8.58. The highest BCUT2D eigenvalue weighted by Gasteiger charge is 2.29. The zero-order valence-electron chi connectivity index (χ0n) is 11.1. The number of nitrogens with zero attached hydrogens (tertiary/aromatic N) is 2. The van der Waals surface area contributed by atoms with Crippen molar-refractivity contribution < 1.29 is 9.59 Å². The monoisotopic (exact) mass is 253 g/mol. The van der Waals surface area contributed by atoms with Crippen LogP contribution in [0.15, 0.2) is 0 Å². The van der Waals surface area contributed by atoms with Crippen molar-refractivity contribution in [3.05, 3.63) is 0 Å². The van der Waals surface area contributed by atoms with Crippen LogP contribution >= 0.6 is 0 Å². The Morgan fingerprint density at radius 1 is 1.11 bits per heavy atom. The minimum absolute atomic E-state index is 0.0971. The summed E-state index contributed by atoms with van der Waals surface area (Å²) in [5.74, 6) is 0.670. The summed E-state index contributed by atoms with van der Waals surface area (Å²) in [5, 5.41) is 0. The van der Waals surface area contributed by atoms with Crippen molar-refractivity contribution in [3.63, 3.8) is 0 Å². The van der Waals surface area contributed by atoms with Gasteiger partial charge in [-0.1, -0.05) is 6.42 Å². The second-order valence-corrected chi connectivity index (χ2v) is 5.45. The fraction of sp³-hybridized carbons (Fsp3) is 0.846. The number of piperazine rings is 1. The number of rotatable bonds is 2. The van der Waals surface area contributed by atoms with Gasteiger partial charge in [-0.05, 0) is 18.8 Å². The van der Waals surface area contributed by atoms with Crippen LogP contribution in [-0.4, -0.2) is 53.8 Å². The van der Waals surface area contributed by atoms with Gasteiger partial charge in [-0.2, -0.15) is 0 Å². The van der Waals surface area contributed by atoms with E-state index >= 15 is 0 Å². The lowest BCUT2D eigenvalue weighted by Gasteiger charge is -2.35. The third-order valence-electron chi connectivity index (χ3n) is 4.23. The molecule has 1 aliphatic heterocycles. The minimum atomic E-state index is 0.0971. The normalized spacial score (nSPS) is 28.6. The molecule has 102 valence electrons. The van der Waals surface area contributed by atoms with Gasteiger partial charge in [0.25, 0.3) is 0 Å². The average molecular weight is 253 g/mol. The van der Waals surface area contributed by atoms with E-state index in [0.29, 0.717) is 38.5 Å². The first kappa shape index (κ1) is 13.3. The molecular formula is C13H23N3O2. The van der Waals surface area contributed by atoms with E-state index < -0.39 is 0 Å². The molecule has 1 heterocycles. The first-order valence-electron chi connectivity index (χ1n) is 6.87. The molecule has 0 aromatic rings. The molecule has 1 saturated heterocycles. The van der Waals surface area contributed by atoms with E-state index in [1.165, 1.54) is 0 Å². The Kier molecular flexibility index (Phi) is 4.22. The largest absolute Gasteiger partial charge is 0.339 e. The molecule has 0 bridgehead atoms. The Hall–Kier alpha value is -1.10. The topological polar surface area (TPSA) is 66.6 Å². The number of carbonyl (C=O) groups excluding carboxylic acids is 2. The molecule has 2 rings (SSSR count). The number of carbonyl (C=O) groups is 2. The summed E-state index contributed by atoms with van der Waals surface area (Å²) in [6, 6.07) is 0.201. The summed E-state index contributed by atoms with van der Waals surface area (Å²) < 4.78 is 0. The van der Waals surface area contributed by atoms with Crippen LogP contribution in [0.4, 0.5) is 0 Å². The summed E-state index contributed by atoms with van der Waals surface area (Å²) >= 11 is 0. The molecule has 0 radical (unpaired) electrons. The van der Waals surface area contributed by atoms with Gasteiger partial charge in [0.05, 0.1) is 0 Å². The van der Waals surface area contributed by atoms with E-state index in [9.17, 15) is 9.59 Å². The third kappa shape index (κ3) is 3.02. The summed E-state index contributed by atoms with van der Waals surface area (Å²) in [6.07, 6.45) is 3.87. The first-order valence-corrected chi connectivity index (χ1v) is 6.87. The Morgan fingerprint density at radius 3 is 2.22 bits per heavy atom. The molecule has 5 heteroatoms. The van der Waals surface area contributed by atoms with Crippen molar-refractivity contribution in [2.24, 2.45) is 11.7 Å². The Morgan fingerprint density at radius 2 is 1.72 bits per heavy atom. The van der Waals surface area contributed by atoms with Crippen LogP contribution in [0.3, 0.4) is 0 Å². The second-order valence-electron chi connectivity index (χ2n) is 5.45. The second kappa shape index (κ2) is 5.69. The summed E-state index contributed by atoms with van der Waals surface area (Å²) in [5.41, 5.74) is 5.99. The van der Waals surface area contributed by atoms with Gasteiger partial charge in [0.2, 0.25) is 11.8 Å². The smallest absolute Gasteiger partial charge is 0.223 e. The fourth-order valence-electron chi connectivity index (χ4n) is 2.94. The predicted octanol–water partition coefficient (Wildman–Crippen LogP) is 0.195. The van der Waals surface area contributed by atoms with Gasteiger partial charge in [-0.3, -0.25) is 9.59 Å². The van der Waals surface area contributed by atoms with Gasteiger partial charge >= 0.3 is 0 Å². The number of hydrogen-bond donors (Lipinski definition) is 1. The van der Waals surface area contributed by atoms with Gasteiger partial charge < -0.3 is 15.5 Å². The maximum atomic E-state index is 12.1. The van der Waals surface area contributed by atoms with E-state index in [1.54, 1.807) is 11.8 Å². The molecule has 2 N–H and O–H groups in total. The van der Waals surface area contributed by atoms with Gasteiger partial charge in [-0.25, -0.2) is 0 Å². The number of hydrogen-bond acceptors (Lipinski definition) is 3. The predicted molar refractivity (Wildman–Crippen MR) is 68.8 cm³/mol. The lowest BCUT2D eigenvalue weighted by Crippen LogP contribution is -2.50. The molecule has 0 unspecified atom stereocenters. The van der Waals surface area contributed by atoms with E-state index in [-0.39, 0.29) is 17.9 Å². The SMILES string of the molecule is CC(=O)N1CCN(C(=O)C[C@@H]2CCC[C@H]2N)CC1. The van der Waals surface area contributed by atoms with Gasteiger partial charge in [0.15, 0.2) is 0 Å². The zero-order valence-corrected chi connectivity index (χ0v) is 11.1. The molecule has 2 atom stereocenters. The Labute approximate surface area is 108 Å². The molecule has 1 aliphatic carbocycles. The molecule has 18 heavy (non-hydrogen) atoms. The van der Waals surface area contributed by atoms with E-state index in [4.69, 9.17) is 5.73 Å². The van der Waals surface area contributed by atoms with Crippen LogP contribution in [0.2, 0.25) is 0 Å². The van der Waals surface area contributed by atoms with Crippen LogP contribution in [0.25, 0.3) is 0 Å². The van der Waals surface area contributed by atoms with Crippen LogP contribution in [0, 0.1) is 5.92 Å². The van der Waals surface area contributed by atoms with Crippen molar-refractivity contribution in [2.45, 2.75) is 38.6 Å². The molecule has 2 amide bonds. The highest BCUT2D eigenvalue weighted by molar-refractivity contribution is 5.77. The van der Waals surface area contributed by atoms with Crippen molar-refractivity contribution in [2.75, 3.05) is 26.2 Å². The lowest BCUT2D eigenvalue weighted by atomic mass is 9.99. The molecule has 0 spiro atoms. The van der Waals surface area contributed by atoms with Crippen LogP contribution < -0.4 is 5.73 Å². The molecule has 0 aromatic heterocycles. The maximum Gasteiger partial charge on any atom is 0.223 e. The van der Waals surface area contributed by atoms with E-state index in [2.05, 4.69) is 0 Å². The van der Waals surface area contributed by atoms with Crippen molar-refractivity contribution in [1.29, 1.82) is 0 Å². The fourth-order valence-corrected chi connectivity index (χ4v) is 2.94. The minimum Gasteiger partial charge on any atom is -0.339 e. The third-order valence-corrected chi connectivity index (χ3v) is 4.23. The number of nitrogens with two attached hydrogens (primary N) is 1. The van der Waals surface area contributed by atoms with Crippen molar-refractivity contribution in [3.8, 4) is 0 Å². The Bertz CT molecular complexity index is 324. The quantitative estimate of drug-likeness (QED) is 0.764. The highest BCUT2D eigenvalue weighted by Crippen LogP contribution is 2.27. The van der Waals surface area contributed by atoms with Crippen molar-refractivity contribution >= 4 is 11.8 Å². The molecule has 2 fully saturated rings. The molecule has 0 aromatic carbocycles. The number of amides is 2. The highest BCUT2D eigenvalue weighted by atomic mass is 16.2. The summed E-state index contributed by atoms with van der Waals surface area (Å²) in [6.45, 7) is 4.24. The zero-order chi connectivity index (χ0) is 13.1. The van der Waals surface area contributed by atoms with Crippen LogP contribution in [0.5, 0.6) is 0 Å². The standard InChI is InChI=1S/C13H23N3O2/c1-10(17)15-5-7-16(8-6-15)13(18)9-11-3-2-4-12(11)14/h11-12H,2-9,14H2,1H3/t11-,12+/m0/s1. The maximum absolute atomic E-state index is 12.1. The summed E-state index contributed by atoms with van der Waals surface area (Å²) in [4.78, 5) is 27.0. The van der Waals surface area contributed by atoms with Crippen LogP contribution in [-0.2, 0) is 9.59 Å². The van der Waals surface area contributed by atoms with Gasteiger partial charge in [0.1, 0.15) is 0 Å². The molecule has 5 nitrogen and oxygen atoms in total. The summed E-state index contributed by atoms with van der Waals surface area (Å²) in [7, 11) is 0. The van der Waals surface area contributed by atoms with E-state index in [1.807, 2.05) is 4.90 Å². The molecule has 1 saturated carbocycles. The average Bonchev–Trinajstić information content (AvgIpc) is 2.75. The Balaban J connectivity index is 1.79. The van der Waals surface area contributed by atoms with E-state index in [0.717, 1.165) is 19.3 Å². The van der Waals surface area contributed by atoms with Crippen LogP contribution in [0.1, 0.15) is 32.6 Å². The van der Waals surface area contributed by atoms with Gasteiger partial charge in [0, 0.05) is 45.6 Å². The van der Waals surface area contributed by atoms with Crippen molar-refractivity contribution in [1.82, 2.24) is 9.80 Å². The van der Waals surface area contributed by atoms with Gasteiger partial charge in [-0.15, -0.1) is 0 Å². The molecular weight excluding hydrogens is 230 g/mol.